The Morgan fingerprint density at radius 1 is 1.06 bits per heavy atom. The summed E-state index contributed by atoms with van der Waals surface area (Å²) in [6.45, 7) is 7.53. The van der Waals surface area contributed by atoms with Crippen molar-refractivity contribution in [3.63, 3.8) is 0 Å². The highest BCUT2D eigenvalue weighted by Crippen LogP contribution is 2.37. The number of amides is 3. The van der Waals surface area contributed by atoms with Gasteiger partial charge in [-0.05, 0) is 62.9 Å². The van der Waals surface area contributed by atoms with Crippen LogP contribution in [0.1, 0.15) is 43.6 Å². The second-order valence-corrected chi connectivity index (χ2v) is 10.6. The van der Waals surface area contributed by atoms with Gasteiger partial charge in [-0.2, -0.15) is 0 Å². The number of carbonyl (C=O) groups is 3. The van der Waals surface area contributed by atoms with Gasteiger partial charge in [0.15, 0.2) is 0 Å². The highest BCUT2D eigenvalue weighted by Gasteiger charge is 2.34. The molecule has 1 N–H and O–H groups in total. The van der Waals surface area contributed by atoms with Crippen LogP contribution in [-0.4, -0.2) is 40.7 Å². The first-order chi connectivity index (χ1) is 16.0. The van der Waals surface area contributed by atoms with Crippen molar-refractivity contribution in [2.24, 2.45) is 0 Å². The van der Waals surface area contributed by atoms with Crippen LogP contribution in [0.5, 0.6) is 0 Å². The van der Waals surface area contributed by atoms with Crippen LogP contribution in [0, 0.1) is 0 Å². The summed E-state index contributed by atoms with van der Waals surface area (Å²) >= 11 is 3.47. The third kappa shape index (κ3) is 4.85. The normalized spacial score (nSPS) is 13.8. The summed E-state index contributed by atoms with van der Waals surface area (Å²) in [5, 5.41) is 4.78. The predicted molar refractivity (Wildman–Crippen MR) is 138 cm³/mol. The number of hydrogen-bond acceptors (Lipinski definition) is 3. The molecule has 1 aliphatic rings. The molecule has 0 saturated carbocycles. The standard InChI is InChI=1S/C27H28BrN3O3/c1-17(25(33)29-27(2,3)4)30(15-18-8-5-11-20(28)14-18)23(32)16-31-22-13-7-10-19-9-6-12-21(24(19)22)26(31)34/h5-14,17H,15-16H2,1-4H3,(H,29,33)/t17-/m1/s1. The van der Waals surface area contributed by atoms with Gasteiger partial charge in [0.25, 0.3) is 5.91 Å². The molecule has 0 spiro atoms. The molecule has 0 fully saturated rings. The lowest BCUT2D eigenvalue weighted by molar-refractivity contribution is -0.140. The molecule has 3 aromatic carbocycles. The molecule has 3 aromatic rings. The van der Waals surface area contributed by atoms with Gasteiger partial charge >= 0.3 is 0 Å². The average Bonchev–Trinajstić information content (AvgIpc) is 3.04. The zero-order valence-electron chi connectivity index (χ0n) is 19.8. The second-order valence-electron chi connectivity index (χ2n) is 9.64. The van der Waals surface area contributed by atoms with Gasteiger partial charge in [-0.1, -0.05) is 52.3 Å². The minimum atomic E-state index is -0.721. The fourth-order valence-corrected chi connectivity index (χ4v) is 4.70. The molecule has 0 aliphatic carbocycles. The number of benzene rings is 3. The molecular weight excluding hydrogens is 494 g/mol. The largest absolute Gasteiger partial charge is 0.350 e. The van der Waals surface area contributed by atoms with Gasteiger partial charge in [0.1, 0.15) is 12.6 Å². The Balaban J connectivity index is 1.63. The molecule has 1 heterocycles. The van der Waals surface area contributed by atoms with Crippen molar-refractivity contribution in [3.05, 3.63) is 76.3 Å². The molecule has 0 bridgehead atoms. The number of nitrogens with zero attached hydrogens (tertiary/aromatic N) is 2. The van der Waals surface area contributed by atoms with Crippen LogP contribution < -0.4 is 10.2 Å². The van der Waals surface area contributed by atoms with Crippen molar-refractivity contribution >= 4 is 50.1 Å². The maximum absolute atomic E-state index is 13.7. The molecule has 1 atom stereocenters. The zero-order chi connectivity index (χ0) is 24.6. The van der Waals surface area contributed by atoms with E-state index in [0.717, 1.165) is 26.5 Å². The van der Waals surface area contributed by atoms with Crippen LogP contribution in [0.15, 0.2) is 65.1 Å². The van der Waals surface area contributed by atoms with Crippen molar-refractivity contribution in [2.75, 3.05) is 11.4 Å². The maximum Gasteiger partial charge on any atom is 0.259 e. The van der Waals surface area contributed by atoms with Gasteiger partial charge in [-0.15, -0.1) is 0 Å². The molecule has 0 aromatic heterocycles. The third-order valence-electron chi connectivity index (χ3n) is 5.85. The summed E-state index contributed by atoms with van der Waals surface area (Å²) in [6.07, 6.45) is 0. The summed E-state index contributed by atoms with van der Waals surface area (Å²) in [5.74, 6) is -0.738. The van der Waals surface area contributed by atoms with E-state index in [4.69, 9.17) is 0 Å². The minimum absolute atomic E-state index is 0.145. The molecule has 34 heavy (non-hydrogen) atoms. The molecule has 176 valence electrons. The summed E-state index contributed by atoms with van der Waals surface area (Å²) in [7, 11) is 0. The van der Waals surface area contributed by atoms with Gasteiger partial charge < -0.3 is 10.2 Å². The van der Waals surface area contributed by atoms with Gasteiger partial charge in [-0.3, -0.25) is 19.3 Å². The lowest BCUT2D eigenvalue weighted by Gasteiger charge is -2.32. The first-order valence-corrected chi connectivity index (χ1v) is 12.0. The molecule has 1 aliphatic heterocycles. The molecule has 0 saturated heterocycles. The number of hydrogen-bond donors (Lipinski definition) is 1. The number of rotatable bonds is 6. The van der Waals surface area contributed by atoms with Gasteiger partial charge in [-0.25, -0.2) is 0 Å². The monoisotopic (exact) mass is 521 g/mol. The Bertz CT molecular complexity index is 1280. The smallest absolute Gasteiger partial charge is 0.259 e. The topological polar surface area (TPSA) is 69.7 Å². The number of nitrogens with one attached hydrogen (secondary N) is 1. The molecule has 0 unspecified atom stereocenters. The van der Waals surface area contributed by atoms with Gasteiger partial charge in [0.2, 0.25) is 11.8 Å². The van der Waals surface area contributed by atoms with Crippen molar-refractivity contribution in [1.29, 1.82) is 0 Å². The highest BCUT2D eigenvalue weighted by molar-refractivity contribution is 9.10. The van der Waals surface area contributed by atoms with Crippen LogP contribution in [0.25, 0.3) is 10.8 Å². The van der Waals surface area contributed by atoms with Crippen molar-refractivity contribution in [2.45, 2.75) is 45.8 Å². The van der Waals surface area contributed by atoms with Gasteiger partial charge in [0.05, 0.1) is 5.69 Å². The molecule has 4 rings (SSSR count). The van der Waals surface area contributed by atoms with Crippen LogP contribution in [0.3, 0.4) is 0 Å². The number of anilines is 1. The van der Waals surface area contributed by atoms with E-state index in [9.17, 15) is 14.4 Å². The predicted octanol–water partition coefficient (Wildman–Crippen LogP) is 4.89. The Morgan fingerprint density at radius 3 is 2.41 bits per heavy atom. The van der Waals surface area contributed by atoms with Gasteiger partial charge in [0, 0.05) is 27.5 Å². The summed E-state index contributed by atoms with van der Waals surface area (Å²) in [6, 6.07) is 18.2. The molecular formula is C27H28BrN3O3. The fraction of sp³-hybridized carbons (Fsp3) is 0.296. The first kappa shape index (κ1) is 24.0. The zero-order valence-corrected chi connectivity index (χ0v) is 21.3. The first-order valence-electron chi connectivity index (χ1n) is 11.2. The van der Waals surface area contributed by atoms with Crippen molar-refractivity contribution in [3.8, 4) is 0 Å². The van der Waals surface area contributed by atoms with Crippen molar-refractivity contribution in [1.82, 2.24) is 10.2 Å². The maximum atomic E-state index is 13.7. The molecule has 0 radical (unpaired) electrons. The molecule has 6 nitrogen and oxygen atoms in total. The highest BCUT2D eigenvalue weighted by atomic mass is 79.9. The van der Waals surface area contributed by atoms with Crippen LogP contribution in [-0.2, 0) is 16.1 Å². The van der Waals surface area contributed by atoms with E-state index in [1.165, 1.54) is 4.90 Å². The van der Waals surface area contributed by atoms with E-state index in [1.807, 2.05) is 75.4 Å². The molecule has 7 heteroatoms. The van der Waals surface area contributed by atoms with E-state index in [1.54, 1.807) is 17.9 Å². The van der Waals surface area contributed by atoms with E-state index in [-0.39, 0.29) is 30.8 Å². The lowest BCUT2D eigenvalue weighted by atomic mass is 10.1. The number of carbonyl (C=O) groups excluding carboxylic acids is 3. The van der Waals surface area contributed by atoms with Crippen LogP contribution in [0.2, 0.25) is 0 Å². The van der Waals surface area contributed by atoms with Crippen molar-refractivity contribution < 1.29 is 14.4 Å². The Labute approximate surface area is 208 Å². The van der Waals surface area contributed by atoms with Crippen LogP contribution >= 0.6 is 15.9 Å². The van der Waals surface area contributed by atoms with E-state index >= 15 is 0 Å². The summed E-state index contributed by atoms with van der Waals surface area (Å²) in [4.78, 5) is 42.9. The third-order valence-corrected chi connectivity index (χ3v) is 6.34. The Morgan fingerprint density at radius 2 is 1.74 bits per heavy atom. The van der Waals surface area contributed by atoms with E-state index in [2.05, 4.69) is 21.2 Å². The number of halogens is 1. The quantitative estimate of drug-likeness (QED) is 0.501. The summed E-state index contributed by atoms with van der Waals surface area (Å²) in [5.41, 5.74) is 1.77. The minimum Gasteiger partial charge on any atom is -0.350 e. The van der Waals surface area contributed by atoms with Crippen LogP contribution in [0.4, 0.5) is 5.69 Å². The van der Waals surface area contributed by atoms with E-state index < -0.39 is 11.6 Å². The Hall–Kier alpha value is -3.19. The Kier molecular flexibility index (Phi) is 6.49. The second kappa shape index (κ2) is 9.22. The lowest BCUT2D eigenvalue weighted by Crippen LogP contribution is -2.54. The molecule has 3 amide bonds. The van der Waals surface area contributed by atoms with E-state index in [0.29, 0.717) is 5.56 Å². The SMILES string of the molecule is C[C@H](C(=O)NC(C)(C)C)N(Cc1cccc(Br)c1)C(=O)CN1C(=O)c2cccc3cccc1c23. The summed E-state index contributed by atoms with van der Waals surface area (Å²) < 4.78 is 0.890. The average molecular weight is 522 g/mol. The fourth-order valence-electron chi connectivity index (χ4n) is 4.25.